The molecular formula is C14H15N5O2S. The Hall–Kier alpha value is -2.48. The van der Waals surface area contributed by atoms with Gasteiger partial charge in [0, 0.05) is 12.6 Å². The van der Waals surface area contributed by atoms with Gasteiger partial charge < -0.3 is 4.74 Å². The Morgan fingerprint density at radius 2 is 2.05 bits per heavy atom. The molecule has 0 aliphatic heterocycles. The smallest absolute Gasteiger partial charge is 0.281 e. The van der Waals surface area contributed by atoms with Crippen LogP contribution in [0.25, 0.3) is 17.0 Å². The van der Waals surface area contributed by atoms with Gasteiger partial charge in [0.25, 0.3) is 11.3 Å². The number of rotatable bonds is 4. The molecule has 0 spiro atoms. The second-order valence-corrected chi connectivity index (χ2v) is 5.21. The van der Waals surface area contributed by atoms with Gasteiger partial charge in [0.05, 0.1) is 6.61 Å². The van der Waals surface area contributed by atoms with Gasteiger partial charge in [0.1, 0.15) is 5.75 Å². The van der Waals surface area contributed by atoms with Crippen LogP contribution in [-0.4, -0.2) is 31.0 Å². The summed E-state index contributed by atoms with van der Waals surface area (Å²) in [6, 6.07) is 7.27. The average Bonchev–Trinajstić information content (AvgIpc) is 2.91. The van der Waals surface area contributed by atoms with Crippen LogP contribution >= 0.6 is 12.2 Å². The molecule has 0 amide bonds. The maximum atomic E-state index is 12.4. The second-order valence-electron chi connectivity index (χ2n) is 4.83. The van der Waals surface area contributed by atoms with Crippen molar-refractivity contribution in [3.05, 3.63) is 39.4 Å². The van der Waals surface area contributed by atoms with Gasteiger partial charge >= 0.3 is 0 Å². The Balaban J connectivity index is 2.09. The molecular weight excluding hydrogens is 302 g/mol. The molecule has 0 radical (unpaired) electrons. The summed E-state index contributed by atoms with van der Waals surface area (Å²) in [7, 11) is 1.64. The fourth-order valence-electron chi connectivity index (χ4n) is 2.09. The molecule has 0 unspecified atom stereocenters. The van der Waals surface area contributed by atoms with Crippen LogP contribution in [0.2, 0.25) is 0 Å². The lowest BCUT2D eigenvalue weighted by Crippen LogP contribution is -2.23. The molecule has 114 valence electrons. The van der Waals surface area contributed by atoms with Crippen molar-refractivity contribution in [2.45, 2.75) is 13.3 Å². The molecule has 0 aliphatic carbocycles. The number of aryl methyl sites for hydroxylation is 1. The van der Waals surface area contributed by atoms with Gasteiger partial charge in [0.2, 0.25) is 4.77 Å². The minimum Gasteiger partial charge on any atom is -0.494 e. The highest BCUT2D eigenvalue weighted by atomic mass is 32.1. The summed E-state index contributed by atoms with van der Waals surface area (Å²) in [6.07, 6.45) is 0.944. The SMILES string of the molecule is CCCOc1ccc(-c2nn3c(=S)[nH]nc3n(C)c2=O)cc1. The van der Waals surface area contributed by atoms with Gasteiger partial charge in [-0.1, -0.05) is 6.92 Å². The van der Waals surface area contributed by atoms with E-state index >= 15 is 0 Å². The van der Waals surface area contributed by atoms with E-state index in [0.29, 0.717) is 28.4 Å². The van der Waals surface area contributed by atoms with Crippen LogP contribution in [0, 0.1) is 4.77 Å². The minimum absolute atomic E-state index is 0.233. The molecule has 2 heterocycles. The van der Waals surface area contributed by atoms with Crippen LogP contribution < -0.4 is 10.3 Å². The van der Waals surface area contributed by atoms with Crippen LogP contribution in [0.3, 0.4) is 0 Å². The first-order chi connectivity index (χ1) is 10.6. The summed E-state index contributed by atoms with van der Waals surface area (Å²) in [4.78, 5) is 12.4. The van der Waals surface area contributed by atoms with Crippen LogP contribution in [-0.2, 0) is 7.05 Å². The van der Waals surface area contributed by atoms with Gasteiger partial charge in [-0.05, 0) is 42.9 Å². The number of nitrogens with one attached hydrogen (secondary N) is 1. The predicted octanol–water partition coefficient (Wildman–Crippen LogP) is 1.94. The van der Waals surface area contributed by atoms with Crippen molar-refractivity contribution in [2.24, 2.45) is 7.05 Å². The fraction of sp³-hybridized carbons (Fsp3) is 0.286. The molecule has 0 fully saturated rings. The number of fused-ring (bicyclic) bond motifs is 1. The first kappa shape index (κ1) is 14.5. The number of aromatic amines is 1. The molecule has 0 aliphatic rings. The molecule has 3 aromatic rings. The summed E-state index contributed by atoms with van der Waals surface area (Å²) in [5, 5.41) is 10.9. The topological polar surface area (TPSA) is 77.2 Å². The van der Waals surface area contributed by atoms with Crippen LogP contribution in [0.4, 0.5) is 0 Å². The van der Waals surface area contributed by atoms with Crippen molar-refractivity contribution in [3.63, 3.8) is 0 Å². The monoisotopic (exact) mass is 317 g/mol. The number of ether oxygens (including phenoxy) is 1. The van der Waals surface area contributed by atoms with Gasteiger partial charge in [-0.2, -0.15) is 9.61 Å². The van der Waals surface area contributed by atoms with Gasteiger partial charge in [-0.25, -0.2) is 5.10 Å². The van der Waals surface area contributed by atoms with E-state index < -0.39 is 0 Å². The zero-order valence-electron chi connectivity index (χ0n) is 12.2. The Morgan fingerprint density at radius 1 is 1.32 bits per heavy atom. The zero-order chi connectivity index (χ0) is 15.7. The van der Waals surface area contributed by atoms with Crippen molar-refractivity contribution in [2.75, 3.05) is 6.61 Å². The van der Waals surface area contributed by atoms with E-state index in [1.54, 1.807) is 7.05 Å². The van der Waals surface area contributed by atoms with Crippen molar-refractivity contribution in [1.82, 2.24) is 24.4 Å². The number of nitrogens with zero attached hydrogens (tertiary/aromatic N) is 4. The average molecular weight is 317 g/mol. The third-order valence-corrected chi connectivity index (χ3v) is 3.51. The number of H-pyrrole nitrogens is 1. The number of hydrogen-bond donors (Lipinski definition) is 1. The van der Waals surface area contributed by atoms with Crippen molar-refractivity contribution in [1.29, 1.82) is 0 Å². The largest absolute Gasteiger partial charge is 0.494 e. The Kier molecular flexibility index (Phi) is 3.76. The second kappa shape index (κ2) is 5.72. The van der Waals surface area contributed by atoms with Gasteiger partial charge in [-0.15, -0.1) is 5.10 Å². The molecule has 0 saturated carbocycles. The molecule has 0 bridgehead atoms. The number of aromatic nitrogens is 5. The summed E-state index contributed by atoms with van der Waals surface area (Å²) in [5.41, 5.74) is 0.785. The standard InChI is InChI=1S/C14H15N5O2S/c1-3-8-21-10-6-4-9(5-7-10)11-12(20)18(2)13-15-16-14(22)19(13)17-11/h4-7H,3,8H2,1-2H3,(H,16,22). The van der Waals surface area contributed by atoms with E-state index in [9.17, 15) is 4.79 Å². The summed E-state index contributed by atoms with van der Waals surface area (Å²) in [6.45, 7) is 2.71. The lowest BCUT2D eigenvalue weighted by atomic mass is 10.1. The molecule has 1 aromatic carbocycles. The summed E-state index contributed by atoms with van der Waals surface area (Å²) < 4.78 is 8.73. The first-order valence-electron chi connectivity index (χ1n) is 6.89. The van der Waals surface area contributed by atoms with Crippen LogP contribution in [0.1, 0.15) is 13.3 Å². The van der Waals surface area contributed by atoms with E-state index in [4.69, 9.17) is 17.0 Å². The highest BCUT2D eigenvalue weighted by Crippen LogP contribution is 2.18. The molecule has 22 heavy (non-hydrogen) atoms. The number of benzene rings is 1. The highest BCUT2D eigenvalue weighted by molar-refractivity contribution is 7.71. The van der Waals surface area contributed by atoms with E-state index in [1.165, 1.54) is 9.08 Å². The lowest BCUT2D eigenvalue weighted by Gasteiger charge is -2.07. The minimum atomic E-state index is -0.233. The fourth-order valence-corrected chi connectivity index (χ4v) is 2.26. The molecule has 0 atom stereocenters. The Labute approximate surface area is 131 Å². The molecule has 0 saturated heterocycles. The molecule has 1 N–H and O–H groups in total. The third-order valence-electron chi connectivity index (χ3n) is 3.24. The Morgan fingerprint density at radius 3 is 2.73 bits per heavy atom. The first-order valence-corrected chi connectivity index (χ1v) is 7.30. The van der Waals surface area contributed by atoms with Gasteiger partial charge in [0.15, 0.2) is 5.69 Å². The van der Waals surface area contributed by atoms with E-state index in [2.05, 4.69) is 15.3 Å². The quantitative estimate of drug-likeness (QED) is 0.744. The Bertz CT molecular complexity index is 923. The maximum absolute atomic E-state index is 12.4. The van der Waals surface area contributed by atoms with Crippen molar-refractivity contribution >= 4 is 18.0 Å². The zero-order valence-corrected chi connectivity index (χ0v) is 13.1. The predicted molar refractivity (Wildman–Crippen MR) is 84.6 cm³/mol. The molecule has 2 aromatic heterocycles. The van der Waals surface area contributed by atoms with Gasteiger partial charge in [-0.3, -0.25) is 9.36 Å². The van der Waals surface area contributed by atoms with Crippen molar-refractivity contribution < 1.29 is 4.74 Å². The maximum Gasteiger partial charge on any atom is 0.281 e. The van der Waals surface area contributed by atoms with E-state index in [0.717, 1.165) is 12.2 Å². The highest BCUT2D eigenvalue weighted by Gasteiger charge is 2.12. The molecule has 7 nitrogen and oxygen atoms in total. The summed E-state index contributed by atoms with van der Waals surface area (Å²) >= 11 is 5.12. The number of hydrogen-bond acceptors (Lipinski definition) is 5. The van der Waals surface area contributed by atoms with Crippen LogP contribution in [0.5, 0.6) is 5.75 Å². The van der Waals surface area contributed by atoms with Crippen LogP contribution in [0.15, 0.2) is 29.1 Å². The molecule has 8 heteroatoms. The molecule has 3 rings (SSSR count). The normalized spacial score (nSPS) is 11.0. The van der Waals surface area contributed by atoms with Crippen molar-refractivity contribution in [3.8, 4) is 17.0 Å². The lowest BCUT2D eigenvalue weighted by molar-refractivity contribution is 0.317. The van der Waals surface area contributed by atoms with E-state index in [-0.39, 0.29) is 5.56 Å². The summed E-state index contributed by atoms with van der Waals surface area (Å²) in [5.74, 6) is 1.14. The van der Waals surface area contributed by atoms with E-state index in [1.807, 2.05) is 31.2 Å². The third kappa shape index (κ3) is 2.41.